The van der Waals surface area contributed by atoms with Crippen LogP contribution in [-0.4, -0.2) is 17.7 Å². The summed E-state index contributed by atoms with van der Waals surface area (Å²) in [6.07, 6.45) is 0. The molecule has 0 aliphatic carbocycles. The first-order valence-corrected chi connectivity index (χ1v) is 5.89. The number of benzene rings is 1. The van der Waals surface area contributed by atoms with Gasteiger partial charge < -0.3 is 4.74 Å². The van der Waals surface area contributed by atoms with Crippen LogP contribution in [-0.2, 0) is 10.5 Å². The molecule has 0 saturated heterocycles. The Balaban J connectivity index is 2.82. The number of carbonyl (C=O) groups excluding carboxylic acids is 1. The fourth-order valence-corrected chi connectivity index (χ4v) is 1.79. The summed E-state index contributed by atoms with van der Waals surface area (Å²) in [6.45, 7) is 2.15. The number of rotatable bonds is 4. The zero-order valence-corrected chi connectivity index (χ0v) is 9.92. The predicted molar refractivity (Wildman–Crippen MR) is 64.8 cm³/mol. The maximum atomic E-state index is 11.6. The van der Waals surface area contributed by atoms with Crippen molar-refractivity contribution in [1.82, 2.24) is 0 Å². The van der Waals surface area contributed by atoms with E-state index in [1.54, 1.807) is 19.1 Å². The molecule has 1 aromatic rings. The van der Waals surface area contributed by atoms with E-state index in [0.717, 1.165) is 5.56 Å². The Labute approximate surface area is 98.7 Å². The molecular formula is C11H15N2O2S+. The average molecular weight is 239 g/mol. The first kappa shape index (κ1) is 12.6. The van der Waals surface area contributed by atoms with Gasteiger partial charge in [0.2, 0.25) is 0 Å². The molecule has 0 spiro atoms. The Bertz CT molecular complexity index is 393. The molecule has 0 aliphatic rings. The van der Waals surface area contributed by atoms with E-state index in [-0.39, 0.29) is 5.97 Å². The Morgan fingerprint density at radius 3 is 2.81 bits per heavy atom. The molecule has 0 bridgehead atoms. The van der Waals surface area contributed by atoms with Crippen LogP contribution in [0.1, 0.15) is 22.8 Å². The van der Waals surface area contributed by atoms with Crippen LogP contribution in [0.2, 0.25) is 0 Å². The van der Waals surface area contributed by atoms with Crippen molar-refractivity contribution < 1.29 is 14.9 Å². The molecule has 0 saturated carbocycles. The third-order valence-corrected chi connectivity index (χ3v) is 2.70. The number of carbonyl (C=O) groups is 1. The van der Waals surface area contributed by atoms with E-state index in [9.17, 15) is 4.79 Å². The smallest absolute Gasteiger partial charge is 0.338 e. The highest BCUT2D eigenvalue weighted by Crippen LogP contribution is 2.16. The van der Waals surface area contributed by atoms with Crippen molar-refractivity contribution in [2.45, 2.75) is 12.7 Å². The lowest BCUT2D eigenvalue weighted by molar-refractivity contribution is -0.110. The highest BCUT2D eigenvalue weighted by atomic mass is 32.2. The molecule has 0 amide bonds. The van der Waals surface area contributed by atoms with E-state index in [1.165, 1.54) is 11.8 Å². The standard InChI is InChI=1S/C11H14N2O2S/c1-2-15-10(14)9-6-4-3-5-8(9)7-16-11(12)13/h3-6H,2,7H2,1H3,(H3,12,13)/p+1. The van der Waals surface area contributed by atoms with Crippen molar-refractivity contribution in [2.24, 2.45) is 5.73 Å². The fraction of sp³-hybridized carbons (Fsp3) is 0.273. The molecular weight excluding hydrogens is 224 g/mol. The Hall–Kier alpha value is -1.49. The minimum absolute atomic E-state index is 0.290. The highest BCUT2D eigenvalue weighted by molar-refractivity contribution is 8.12. The molecule has 16 heavy (non-hydrogen) atoms. The van der Waals surface area contributed by atoms with Gasteiger partial charge in [0.15, 0.2) is 0 Å². The monoisotopic (exact) mass is 239 g/mol. The van der Waals surface area contributed by atoms with Gasteiger partial charge in [0.05, 0.1) is 12.2 Å². The van der Waals surface area contributed by atoms with Crippen LogP contribution in [0.15, 0.2) is 24.3 Å². The van der Waals surface area contributed by atoms with E-state index in [0.29, 0.717) is 23.1 Å². The summed E-state index contributed by atoms with van der Waals surface area (Å²) in [4.78, 5) is 11.6. The highest BCUT2D eigenvalue weighted by Gasteiger charge is 2.12. The molecule has 0 aliphatic heterocycles. The maximum Gasteiger partial charge on any atom is 0.338 e. The van der Waals surface area contributed by atoms with Crippen molar-refractivity contribution >= 4 is 22.9 Å². The molecule has 0 aromatic heterocycles. The van der Waals surface area contributed by atoms with Crippen molar-refractivity contribution in [1.29, 1.82) is 0 Å². The Morgan fingerprint density at radius 2 is 2.19 bits per heavy atom. The van der Waals surface area contributed by atoms with Gasteiger partial charge in [0, 0.05) is 5.75 Å². The molecule has 4 nitrogen and oxygen atoms in total. The minimum atomic E-state index is -0.311. The summed E-state index contributed by atoms with van der Waals surface area (Å²) in [5, 5.41) is 5.66. The molecule has 5 heteroatoms. The van der Waals surface area contributed by atoms with Crippen LogP contribution in [0.25, 0.3) is 0 Å². The molecule has 0 radical (unpaired) electrons. The molecule has 1 aromatic carbocycles. The molecule has 0 atom stereocenters. The normalized spacial score (nSPS) is 9.81. The summed E-state index contributed by atoms with van der Waals surface area (Å²) < 4.78 is 4.96. The lowest BCUT2D eigenvalue weighted by Gasteiger charge is -2.06. The molecule has 0 heterocycles. The van der Waals surface area contributed by atoms with Gasteiger partial charge in [-0.25, -0.2) is 4.79 Å². The van der Waals surface area contributed by atoms with Gasteiger partial charge >= 0.3 is 5.97 Å². The predicted octanol–water partition coefficient (Wildman–Crippen LogP) is 0.170. The van der Waals surface area contributed by atoms with Crippen LogP contribution in [0.3, 0.4) is 0 Å². The van der Waals surface area contributed by atoms with Crippen molar-refractivity contribution in [2.75, 3.05) is 6.61 Å². The Kier molecular flexibility index (Phi) is 4.85. The van der Waals surface area contributed by atoms with Gasteiger partial charge in [0.25, 0.3) is 5.17 Å². The van der Waals surface area contributed by atoms with Crippen molar-refractivity contribution in [3.8, 4) is 0 Å². The van der Waals surface area contributed by atoms with Crippen LogP contribution >= 0.6 is 11.8 Å². The lowest BCUT2D eigenvalue weighted by atomic mass is 10.1. The zero-order chi connectivity index (χ0) is 12.0. The van der Waals surface area contributed by atoms with E-state index < -0.39 is 0 Å². The summed E-state index contributed by atoms with van der Waals surface area (Å²) in [5.41, 5.74) is 6.81. The van der Waals surface area contributed by atoms with Gasteiger partial charge in [-0.15, -0.1) is 0 Å². The summed E-state index contributed by atoms with van der Waals surface area (Å²) >= 11 is 1.30. The first-order chi connectivity index (χ1) is 7.65. The van der Waals surface area contributed by atoms with E-state index in [1.807, 2.05) is 12.1 Å². The fourth-order valence-electron chi connectivity index (χ4n) is 1.22. The molecule has 1 rings (SSSR count). The van der Waals surface area contributed by atoms with Gasteiger partial charge in [-0.2, -0.15) is 0 Å². The first-order valence-electron chi connectivity index (χ1n) is 4.91. The van der Waals surface area contributed by atoms with Crippen molar-refractivity contribution in [3.05, 3.63) is 35.4 Å². The molecule has 4 N–H and O–H groups in total. The van der Waals surface area contributed by atoms with Gasteiger partial charge in [-0.05, 0) is 30.3 Å². The molecule has 0 fully saturated rings. The van der Waals surface area contributed by atoms with Crippen LogP contribution in [0.5, 0.6) is 0 Å². The number of esters is 1. The topological polar surface area (TPSA) is 77.9 Å². The molecule has 0 unspecified atom stereocenters. The van der Waals surface area contributed by atoms with Gasteiger partial charge in [-0.3, -0.25) is 11.1 Å². The second-order valence-electron chi connectivity index (χ2n) is 3.07. The number of ether oxygens (including phenoxy) is 1. The third-order valence-electron chi connectivity index (χ3n) is 1.91. The average Bonchev–Trinajstić information content (AvgIpc) is 2.27. The van der Waals surface area contributed by atoms with E-state index in [4.69, 9.17) is 15.9 Å². The summed E-state index contributed by atoms with van der Waals surface area (Å²) in [7, 11) is 0. The van der Waals surface area contributed by atoms with Crippen LogP contribution in [0.4, 0.5) is 0 Å². The maximum absolute atomic E-state index is 11.6. The summed E-state index contributed by atoms with van der Waals surface area (Å²) in [5.74, 6) is 0.256. The summed E-state index contributed by atoms with van der Waals surface area (Å²) in [6, 6.07) is 7.27. The quantitative estimate of drug-likeness (QED) is 0.446. The van der Waals surface area contributed by atoms with E-state index in [2.05, 4.69) is 0 Å². The number of hydrogen-bond acceptors (Lipinski definition) is 3. The van der Waals surface area contributed by atoms with Gasteiger partial charge in [0.1, 0.15) is 0 Å². The number of thioether (sulfide) groups is 1. The van der Waals surface area contributed by atoms with Crippen LogP contribution in [0, 0.1) is 0 Å². The largest absolute Gasteiger partial charge is 0.462 e. The number of hydrogen-bond donors (Lipinski definition) is 2. The number of amidine groups is 1. The lowest BCUT2D eigenvalue weighted by Crippen LogP contribution is -2.43. The zero-order valence-electron chi connectivity index (χ0n) is 9.10. The second kappa shape index (κ2) is 6.17. The minimum Gasteiger partial charge on any atom is -0.462 e. The third kappa shape index (κ3) is 3.58. The van der Waals surface area contributed by atoms with Crippen molar-refractivity contribution in [3.63, 3.8) is 0 Å². The van der Waals surface area contributed by atoms with Crippen LogP contribution < -0.4 is 11.1 Å². The second-order valence-corrected chi connectivity index (χ2v) is 4.12. The number of nitrogens with two attached hydrogens (primary N) is 2. The Morgan fingerprint density at radius 1 is 1.50 bits per heavy atom. The molecule has 86 valence electrons. The van der Waals surface area contributed by atoms with E-state index >= 15 is 0 Å². The van der Waals surface area contributed by atoms with Gasteiger partial charge in [-0.1, -0.05) is 18.2 Å². The SMILES string of the molecule is CCOC(=O)c1ccccc1CSC(N)=[NH2+].